The molecular weight excluding hydrogens is 871 g/mol. The van der Waals surface area contributed by atoms with Crippen LogP contribution in [0.4, 0.5) is 0 Å². The Morgan fingerprint density at radius 1 is 0.671 bits per heavy atom. The van der Waals surface area contributed by atoms with Gasteiger partial charge in [0.15, 0.2) is 5.41 Å². The number of unbranched alkanes of at least 4 members (excludes halogenated alkanes) is 5. The number of carbonyl (C=O) groups excluding carboxylic acids is 3. The minimum Gasteiger partial charge on any atom is -0.507 e. The van der Waals surface area contributed by atoms with Gasteiger partial charge in [-0.05, 0) is 167 Å². The van der Waals surface area contributed by atoms with Gasteiger partial charge in [-0.2, -0.15) is 0 Å². The van der Waals surface area contributed by atoms with Gasteiger partial charge in [-0.3, -0.25) is 14.5 Å². The Morgan fingerprint density at radius 3 is 1.67 bits per heavy atom. The fraction of sp³-hybridized carbons (Fsp3) is 0.758. The lowest BCUT2D eigenvalue weighted by atomic mass is 9.64. The molecule has 1 unspecified atom stereocenters. The maximum absolute atomic E-state index is 15.5. The van der Waals surface area contributed by atoms with Crippen molar-refractivity contribution in [1.29, 1.82) is 0 Å². The summed E-state index contributed by atoms with van der Waals surface area (Å²) in [6.07, 6.45) is 16.4. The molecule has 70 heavy (non-hydrogen) atoms. The first kappa shape index (κ1) is 57.5. The van der Waals surface area contributed by atoms with Gasteiger partial charge in [0, 0.05) is 23.9 Å². The summed E-state index contributed by atoms with van der Waals surface area (Å²) < 4.78 is 19.2. The molecule has 1 atom stereocenters. The Balaban J connectivity index is 1.37. The van der Waals surface area contributed by atoms with Crippen LogP contribution in [-0.2, 0) is 41.1 Å². The first-order valence-corrected chi connectivity index (χ1v) is 27.7. The van der Waals surface area contributed by atoms with Gasteiger partial charge >= 0.3 is 17.9 Å². The summed E-state index contributed by atoms with van der Waals surface area (Å²) in [5.41, 5.74) is 1.25. The maximum atomic E-state index is 15.5. The molecule has 2 aliphatic carbocycles. The van der Waals surface area contributed by atoms with Crippen LogP contribution >= 0.6 is 0 Å². The summed E-state index contributed by atoms with van der Waals surface area (Å²) in [5.74, 6) is 0.348. The highest BCUT2D eigenvalue weighted by atomic mass is 16.6. The Bertz CT molecular complexity index is 1990. The second kappa shape index (κ2) is 22.8. The van der Waals surface area contributed by atoms with E-state index in [-0.39, 0.29) is 52.6 Å². The highest BCUT2D eigenvalue weighted by molar-refractivity contribution is 6.00. The first-order valence-electron chi connectivity index (χ1n) is 27.7. The summed E-state index contributed by atoms with van der Waals surface area (Å²) >= 11 is 0. The molecule has 2 aromatic rings. The number of hydrogen-bond acceptors (Lipinski definition) is 8. The Labute approximate surface area is 426 Å². The van der Waals surface area contributed by atoms with Crippen molar-refractivity contribution in [2.75, 3.05) is 13.7 Å². The molecule has 1 heterocycles. The van der Waals surface area contributed by atoms with E-state index in [0.29, 0.717) is 43.8 Å². The number of phenolic OH excluding ortho intramolecular Hbond substituents is 1. The highest BCUT2D eigenvalue weighted by Crippen LogP contribution is 2.49. The van der Waals surface area contributed by atoms with Gasteiger partial charge in [0.1, 0.15) is 18.0 Å². The predicted octanol–water partition coefficient (Wildman–Crippen LogP) is 15.5. The fourth-order valence-corrected chi connectivity index (χ4v) is 13.0. The van der Waals surface area contributed by atoms with Gasteiger partial charge < -0.3 is 19.3 Å². The van der Waals surface area contributed by atoms with E-state index >= 15 is 9.59 Å². The molecule has 5 rings (SSSR count). The maximum Gasteiger partial charge on any atom is 0.338 e. The molecule has 1 saturated heterocycles. The minimum absolute atomic E-state index is 0.0409. The number of hydrogen-bond donors (Lipinski definition) is 1. The van der Waals surface area contributed by atoms with Crippen molar-refractivity contribution in [3.8, 4) is 5.75 Å². The van der Waals surface area contributed by atoms with E-state index in [0.717, 1.165) is 54.7 Å². The summed E-state index contributed by atoms with van der Waals surface area (Å²) in [5, 5.41) is 11.8. The third-order valence-corrected chi connectivity index (χ3v) is 16.8. The summed E-state index contributed by atoms with van der Waals surface area (Å²) in [6, 6.07) is 12.1. The molecule has 2 saturated carbocycles. The Morgan fingerprint density at radius 2 is 1.17 bits per heavy atom. The summed E-state index contributed by atoms with van der Waals surface area (Å²) in [4.78, 5) is 46.6. The topological polar surface area (TPSA) is 102 Å². The van der Waals surface area contributed by atoms with Crippen LogP contribution in [0.5, 0.6) is 5.75 Å². The van der Waals surface area contributed by atoms with Crippen LogP contribution in [0.15, 0.2) is 36.4 Å². The zero-order chi connectivity index (χ0) is 52.1. The largest absolute Gasteiger partial charge is 0.507 e. The fourth-order valence-electron chi connectivity index (χ4n) is 13.0. The smallest absolute Gasteiger partial charge is 0.338 e. The second-order valence-corrected chi connectivity index (χ2v) is 27.5. The van der Waals surface area contributed by atoms with Gasteiger partial charge in [0.05, 0.1) is 12.2 Å². The van der Waals surface area contributed by atoms with Crippen LogP contribution in [0.2, 0.25) is 0 Å². The number of nitrogens with zero attached hydrogens (tertiary/aromatic N) is 1. The van der Waals surface area contributed by atoms with E-state index in [4.69, 9.17) is 14.2 Å². The molecule has 1 aliphatic heterocycles. The van der Waals surface area contributed by atoms with Crippen LogP contribution in [0.3, 0.4) is 0 Å². The van der Waals surface area contributed by atoms with E-state index in [9.17, 15) is 9.90 Å². The van der Waals surface area contributed by atoms with E-state index in [1.165, 1.54) is 56.9 Å². The summed E-state index contributed by atoms with van der Waals surface area (Å²) in [6.45, 7) is 32.8. The van der Waals surface area contributed by atoms with Crippen LogP contribution in [0, 0.1) is 22.2 Å². The van der Waals surface area contributed by atoms with E-state index in [1.807, 2.05) is 24.3 Å². The minimum atomic E-state index is -1.64. The zero-order valence-electron chi connectivity index (χ0n) is 47.3. The number of rotatable bonds is 19. The number of piperidine rings is 1. The molecule has 0 aromatic heterocycles. The first-order chi connectivity index (χ1) is 32.4. The lowest BCUT2D eigenvalue weighted by Crippen LogP contribution is -2.61. The molecule has 0 amide bonds. The van der Waals surface area contributed by atoms with Gasteiger partial charge in [-0.1, -0.05) is 145 Å². The monoisotopic (exact) mass is 970 g/mol. The molecule has 0 bridgehead atoms. The molecule has 2 aromatic carbocycles. The molecule has 8 nitrogen and oxygen atoms in total. The van der Waals surface area contributed by atoms with Crippen LogP contribution in [0.25, 0.3) is 0 Å². The standard InChI is InChI=1S/C62H99NO7/c1-17-18-21-24-43-25-27-45(28-26-43)46-29-31-47(32-30-46)53(65)68-34-23-20-19-22-33-62(54(66)69-48-38-58(8,9)42-59(10,11)39-48,55(67)70-49-40-60(12,13)63(16)61(14,15)41-49)37-44-35-50(56(2,3)4)52(64)51(36-44)57(5,6)7/h29-32,35-36,43,45,48-49,64H,17-28,33-34,37-42H2,1-16H3. The molecule has 0 spiro atoms. The third kappa shape index (κ3) is 15.1. The van der Waals surface area contributed by atoms with Crippen molar-refractivity contribution in [2.24, 2.45) is 22.2 Å². The summed E-state index contributed by atoms with van der Waals surface area (Å²) in [7, 11) is 2.14. The second-order valence-electron chi connectivity index (χ2n) is 27.5. The Hall–Kier alpha value is -3.39. The van der Waals surface area contributed by atoms with E-state index in [1.54, 1.807) is 0 Å². The average molecular weight is 970 g/mol. The van der Waals surface area contributed by atoms with E-state index in [2.05, 4.69) is 128 Å². The molecule has 0 radical (unpaired) electrons. The van der Waals surface area contributed by atoms with Gasteiger partial charge in [-0.15, -0.1) is 0 Å². The molecule has 3 aliphatic rings. The van der Waals surface area contributed by atoms with Crippen molar-refractivity contribution >= 4 is 17.9 Å². The molecule has 3 fully saturated rings. The number of likely N-dealkylation sites (tertiary alicyclic amines) is 1. The predicted molar refractivity (Wildman–Crippen MR) is 287 cm³/mol. The number of carbonyl (C=O) groups is 3. The molecule has 1 N–H and O–H groups in total. The number of phenols is 1. The van der Waals surface area contributed by atoms with E-state index < -0.39 is 34.3 Å². The zero-order valence-corrected chi connectivity index (χ0v) is 47.3. The molecule has 8 heteroatoms. The van der Waals surface area contributed by atoms with Crippen molar-refractivity contribution in [1.82, 2.24) is 4.90 Å². The normalized spacial score (nSPS) is 22.7. The van der Waals surface area contributed by atoms with Gasteiger partial charge in [0.25, 0.3) is 0 Å². The SMILES string of the molecule is CCCCCC1CCC(c2ccc(C(=O)OCCCCCCC(Cc3cc(C(C)(C)C)c(O)c(C(C)(C)C)c3)(C(=O)OC3CC(C)(C)CC(C)(C)C3)C(=O)OC3CC(C)(C)N(C)C(C)(C)C3)cc2)CC1. The van der Waals surface area contributed by atoms with Crippen LogP contribution < -0.4 is 0 Å². The van der Waals surface area contributed by atoms with Crippen molar-refractivity contribution in [3.05, 3.63) is 64.2 Å². The lowest BCUT2D eigenvalue weighted by Gasteiger charge is -2.53. The van der Waals surface area contributed by atoms with Gasteiger partial charge in [-0.25, -0.2) is 4.79 Å². The quantitative estimate of drug-likeness (QED) is 0.0643. The lowest BCUT2D eigenvalue weighted by molar-refractivity contribution is -0.187. The van der Waals surface area contributed by atoms with Crippen LogP contribution in [0.1, 0.15) is 258 Å². The Kier molecular flexibility index (Phi) is 18.7. The highest BCUT2D eigenvalue weighted by Gasteiger charge is 2.53. The number of ether oxygens (including phenoxy) is 3. The van der Waals surface area contributed by atoms with Crippen molar-refractivity contribution in [3.63, 3.8) is 0 Å². The molecule has 394 valence electrons. The number of aromatic hydroxyl groups is 1. The average Bonchev–Trinajstić information content (AvgIpc) is 3.23. The third-order valence-electron chi connectivity index (χ3n) is 16.8. The van der Waals surface area contributed by atoms with Crippen molar-refractivity contribution in [2.45, 2.75) is 266 Å². The number of benzene rings is 2. The molecular formula is C62H99NO7. The number of esters is 3. The van der Waals surface area contributed by atoms with Gasteiger partial charge in [0.2, 0.25) is 0 Å². The van der Waals surface area contributed by atoms with Crippen molar-refractivity contribution < 1.29 is 33.7 Å². The van der Waals surface area contributed by atoms with Crippen LogP contribution in [-0.4, -0.2) is 64.9 Å².